The molecule has 1 aromatic carbocycles. The highest BCUT2D eigenvalue weighted by molar-refractivity contribution is 7.98. The van der Waals surface area contributed by atoms with E-state index in [2.05, 4.69) is 42.4 Å². The Kier molecular flexibility index (Phi) is 5.07. The predicted molar refractivity (Wildman–Crippen MR) is 111 cm³/mol. The van der Waals surface area contributed by atoms with Gasteiger partial charge in [0.25, 0.3) is 0 Å². The third-order valence-electron chi connectivity index (χ3n) is 4.70. The van der Waals surface area contributed by atoms with Gasteiger partial charge in [-0.25, -0.2) is 0 Å². The molecule has 0 aliphatic heterocycles. The molecule has 148 valence electrons. The van der Waals surface area contributed by atoms with Gasteiger partial charge in [-0.05, 0) is 36.4 Å². The van der Waals surface area contributed by atoms with Crippen LogP contribution in [0.25, 0.3) is 11.4 Å². The summed E-state index contributed by atoms with van der Waals surface area (Å²) >= 11 is 3.34. The van der Waals surface area contributed by atoms with Crippen LogP contribution in [0.5, 0.6) is 5.75 Å². The first-order chi connectivity index (χ1) is 14.3. The second-order valence-corrected chi connectivity index (χ2v) is 8.73. The summed E-state index contributed by atoms with van der Waals surface area (Å²) < 4.78 is 13.1. The van der Waals surface area contributed by atoms with Gasteiger partial charge in [-0.15, -0.1) is 21.5 Å². The van der Waals surface area contributed by atoms with E-state index in [1.54, 1.807) is 30.2 Å². The number of thiophene rings is 1. The van der Waals surface area contributed by atoms with Crippen molar-refractivity contribution in [2.45, 2.75) is 36.2 Å². The van der Waals surface area contributed by atoms with E-state index in [-0.39, 0.29) is 0 Å². The topological polar surface area (TPSA) is 78.9 Å². The zero-order valence-electron chi connectivity index (χ0n) is 15.8. The third kappa shape index (κ3) is 3.92. The number of thioether (sulfide) groups is 1. The first-order valence-corrected chi connectivity index (χ1v) is 11.2. The summed E-state index contributed by atoms with van der Waals surface area (Å²) in [5.74, 6) is 3.38. The molecular weight excluding hydrogens is 406 g/mol. The predicted octanol–water partition coefficient (Wildman–Crippen LogP) is 4.62. The Hall–Kier alpha value is -2.65. The van der Waals surface area contributed by atoms with Crippen LogP contribution in [0.3, 0.4) is 0 Å². The second-order valence-electron chi connectivity index (χ2n) is 6.76. The van der Waals surface area contributed by atoms with Crippen LogP contribution in [0.2, 0.25) is 0 Å². The van der Waals surface area contributed by atoms with Crippen LogP contribution < -0.4 is 4.74 Å². The lowest BCUT2D eigenvalue weighted by molar-refractivity contribution is 0.390. The van der Waals surface area contributed by atoms with Crippen molar-refractivity contribution in [2.24, 2.45) is 0 Å². The van der Waals surface area contributed by atoms with E-state index in [9.17, 15) is 0 Å². The Balaban J connectivity index is 1.32. The average molecular weight is 426 g/mol. The normalized spacial score (nSPS) is 13.7. The summed E-state index contributed by atoms with van der Waals surface area (Å²) in [4.78, 5) is 5.83. The van der Waals surface area contributed by atoms with Crippen molar-refractivity contribution in [3.63, 3.8) is 0 Å². The number of hydrogen-bond donors (Lipinski definition) is 0. The van der Waals surface area contributed by atoms with Gasteiger partial charge in [0.05, 0.1) is 18.4 Å². The summed E-state index contributed by atoms with van der Waals surface area (Å²) in [6, 6.07) is 12.4. The molecule has 1 aliphatic rings. The van der Waals surface area contributed by atoms with Gasteiger partial charge in [-0.3, -0.25) is 0 Å². The van der Waals surface area contributed by atoms with Crippen molar-refractivity contribution in [2.75, 3.05) is 7.11 Å². The smallest absolute Gasteiger partial charge is 0.237 e. The fourth-order valence-corrected chi connectivity index (χ4v) is 4.74. The number of rotatable bonds is 8. The number of aromatic nitrogens is 5. The molecule has 1 saturated carbocycles. The summed E-state index contributed by atoms with van der Waals surface area (Å²) in [5, 5.41) is 16.0. The van der Waals surface area contributed by atoms with E-state index in [4.69, 9.17) is 9.26 Å². The van der Waals surface area contributed by atoms with Crippen LogP contribution >= 0.6 is 23.1 Å². The van der Waals surface area contributed by atoms with Crippen LogP contribution in [0.15, 0.2) is 51.5 Å². The molecule has 1 aliphatic carbocycles. The monoisotopic (exact) mass is 425 g/mol. The highest BCUT2D eigenvalue weighted by Crippen LogP contribution is 2.40. The Labute approximate surface area is 176 Å². The maximum atomic E-state index is 5.46. The van der Waals surface area contributed by atoms with E-state index in [1.807, 2.05) is 24.3 Å². The van der Waals surface area contributed by atoms with Gasteiger partial charge in [0.1, 0.15) is 11.6 Å². The van der Waals surface area contributed by atoms with Gasteiger partial charge in [0.2, 0.25) is 11.7 Å². The molecule has 0 atom stereocenters. The highest BCUT2D eigenvalue weighted by atomic mass is 32.2. The van der Waals surface area contributed by atoms with Gasteiger partial charge in [0, 0.05) is 17.3 Å². The molecule has 0 unspecified atom stereocenters. The van der Waals surface area contributed by atoms with Gasteiger partial charge in [-0.1, -0.05) is 35.1 Å². The minimum atomic E-state index is 0.509. The molecule has 1 fully saturated rings. The Morgan fingerprint density at radius 3 is 2.90 bits per heavy atom. The molecule has 5 rings (SSSR count). The van der Waals surface area contributed by atoms with Crippen LogP contribution in [-0.2, 0) is 12.2 Å². The summed E-state index contributed by atoms with van der Waals surface area (Å²) in [7, 11) is 1.63. The molecule has 0 saturated heterocycles. The third-order valence-corrected chi connectivity index (χ3v) is 6.50. The minimum Gasteiger partial charge on any atom is -0.496 e. The molecule has 7 nitrogen and oxygen atoms in total. The van der Waals surface area contributed by atoms with E-state index >= 15 is 0 Å². The largest absolute Gasteiger partial charge is 0.496 e. The number of hydrogen-bond acceptors (Lipinski definition) is 8. The lowest BCUT2D eigenvalue weighted by Gasteiger charge is -2.07. The SMILES string of the molecule is COc1ccccc1-c1noc(CSc2nnc(Cc3cccs3)n2C2CC2)n1. The van der Waals surface area contributed by atoms with Crippen LogP contribution in [0.4, 0.5) is 0 Å². The number of para-hydroxylation sites is 1. The van der Waals surface area contributed by atoms with E-state index in [0.29, 0.717) is 23.5 Å². The fraction of sp³-hybridized carbons (Fsp3) is 0.300. The maximum Gasteiger partial charge on any atom is 0.237 e. The molecule has 0 amide bonds. The van der Waals surface area contributed by atoms with Gasteiger partial charge < -0.3 is 13.8 Å². The lowest BCUT2D eigenvalue weighted by atomic mass is 10.2. The number of benzene rings is 1. The molecule has 0 bridgehead atoms. The van der Waals surface area contributed by atoms with Crippen molar-refractivity contribution < 1.29 is 9.26 Å². The quantitative estimate of drug-likeness (QED) is 0.381. The van der Waals surface area contributed by atoms with Crippen molar-refractivity contribution in [3.05, 3.63) is 58.4 Å². The molecule has 4 aromatic rings. The lowest BCUT2D eigenvalue weighted by Crippen LogP contribution is -2.03. The van der Waals surface area contributed by atoms with Gasteiger partial charge in [-0.2, -0.15) is 4.98 Å². The Morgan fingerprint density at radius 1 is 1.21 bits per heavy atom. The molecule has 0 N–H and O–H groups in total. The van der Waals surface area contributed by atoms with Crippen LogP contribution in [0, 0.1) is 0 Å². The highest BCUT2D eigenvalue weighted by Gasteiger charge is 2.30. The van der Waals surface area contributed by atoms with Gasteiger partial charge >= 0.3 is 0 Å². The standard InChI is InChI=1S/C20H19N5O2S2/c1-26-16-7-3-2-6-15(16)19-21-18(27-24-19)12-29-20-23-22-17(25(20)13-8-9-13)11-14-5-4-10-28-14/h2-7,10,13H,8-9,11-12H2,1H3. The molecule has 0 spiro atoms. The number of methoxy groups -OCH3 is 1. The fourth-order valence-electron chi connectivity index (χ4n) is 3.17. The molecule has 9 heteroatoms. The zero-order chi connectivity index (χ0) is 19.6. The molecule has 3 aromatic heterocycles. The second kappa shape index (κ2) is 8.00. The first-order valence-electron chi connectivity index (χ1n) is 9.36. The summed E-state index contributed by atoms with van der Waals surface area (Å²) in [6.07, 6.45) is 3.18. The van der Waals surface area contributed by atoms with Gasteiger partial charge in [0.15, 0.2) is 5.16 Å². The minimum absolute atomic E-state index is 0.509. The van der Waals surface area contributed by atoms with Crippen molar-refractivity contribution in [1.29, 1.82) is 0 Å². The van der Waals surface area contributed by atoms with E-state index < -0.39 is 0 Å². The maximum absolute atomic E-state index is 5.46. The van der Waals surface area contributed by atoms with E-state index in [0.717, 1.165) is 28.7 Å². The van der Waals surface area contributed by atoms with Crippen LogP contribution in [0.1, 0.15) is 35.5 Å². The van der Waals surface area contributed by atoms with Crippen LogP contribution in [-0.4, -0.2) is 32.0 Å². The summed E-state index contributed by atoms with van der Waals surface area (Å²) in [5.41, 5.74) is 0.814. The molecule has 0 radical (unpaired) electrons. The number of nitrogens with zero attached hydrogens (tertiary/aromatic N) is 5. The molecule has 29 heavy (non-hydrogen) atoms. The average Bonchev–Trinajstić information content (AvgIpc) is 3.13. The van der Waals surface area contributed by atoms with Crippen molar-refractivity contribution in [1.82, 2.24) is 24.9 Å². The van der Waals surface area contributed by atoms with Crippen molar-refractivity contribution >= 4 is 23.1 Å². The van der Waals surface area contributed by atoms with Crippen molar-refractivity contribution in [3.8, 4) is 17.1 Å². The molecular formula is C20H19N5O2S2. The molecule has 3 heterocycles. The summed E-state index contributed by atoms with van der Waals surface area (Å²) in [6.45, 7) is 0. The Morgan fingerprint density at radius 2 is 2.10 bits per heavy atom. The zero-order valence-corrected chi connectivity index (χ0v) is 17.4. The van der Waals surface area contributed by atoms with E-state index in [1.165, 1.54) is 17.7 Å². The Bertz CT molecular complexity index is 1100. The number of ether oxygens (including phenoxy) is 1. The first kappa shape index (κ1) is 18.4.